The number of carboxylic acid groups (broad SMARTS) is 1. The van der Waals surface area contributed by atoms with Gasteiger partial charge in [0.15, 0.2) is 0 Å². The van der Waals surface area contributed by atoms with E-state index < -0.39 is 12.0 Å². The van der Waals surface area contributed by atoms with E-state index in [9.17, 15) is 9.59 Å². The summed E-state index contributed by atoms with van der Waals surface area (Å²) in [4.78, 5) is 24.8. The summed E-state index contributed by atoms with van der Waals surface area (Å²) in [6.45, 7) is 5.23. The Bertz CT molecular complexity index is 417. The van der Waals surface area contributed by atoms with Gasteiger partial charge in [-0.15, -0.1) is 17.9 Å². The molecular weight excluding hydrogens is 252 g/mol. The van der Waals surface area contributed by atoms with Gasteiger partial charge in [0.2, 0.25) is 0 Å². The predicted molar refractivity (Wildman–Crippen MR) is 70.7 cm³/mol. The Labute approximate surface area is 110 Å². The molecule has 1 heterocycles. The topological polar surface area (TPSA) is 69.6 Å². The summed E-state index contributed by atoms with van der Waals surface area (Å²) in [5, 5.41) is 13.4. The largest absolute Gasteiger partial charge is 0.480 e. The molecule has 98 valence electrons. The number of hydrogen-bond acceptors (Lipinski definition) is 3. The molecule has 1 aromatic rings. The molecule has 6 heteroatoms. The third-order valence-corrected chi connectivity index (χ3v) is 3.33. The fourth-order valence-electron chi connectivity index (χ4n) is 1.42. The van der Waals surface area contributed by atoms with Crippen molar-refractivity contribution in [3.63, 3.8) is 0 Å². The lowest BCUT2D eigenvalue weighted by Gasteiger charge is -2.22. The molecule has 2 N–H and O–H groups in total. The molecule has 0 bridgehead atoms. The zero-order chi connectivity index (χ0) is 13.5. The minimum absolute atomic E-state index is 0.140. The van der Waals surface area contributed by atoms with E-state index in [0.29, 0.717) is 0 Å². The van der Waals surface area contributed by atoms with Crippen molar-refractivity contribution in [3.05, 3.63) is 35.0 Å². The molecule has 0 saturated carbocycles. The minimum Gasteiger partial charge on any atom is -0.480 e. The lowest BCUT2D eigenvalue weighted by molar-refractivity contribution is -0.137. The van der Waals surface area contributed by atoms with Crippen molar-refractivity contribution in [1.29, 1.82) is 0 Å². The van der Waals surface area contributed by atoms with Crippen LogP contribution in [0.2, 0.25) is 0 Å². The predicted octanol–water partition coefficient (Wildman–Crippen LogP) is 2.09. The third kappa shape index (κ3) is 4.21. The van der Waals surface area contributed by atoms with Crippen molar-refractivity contribution in [2.75, 3.05) is 13.1 Å². The third-order valence-electron chi connectivity index (χ3n) is 2.27. The van der Waals surface area contributed by atoms with Crippen LogP contribution in [0.5, 0.6) is 0 Å². The highest BCUT2D eigenvalue weighted by Gasteiger charge is 2.18. The SMILES string of the molecule is C=CCN(CC(=O)O)C(=O)NC(C)c1cccs1. The number of carbonyl (C=O) groups excluding carboxylic acids is 1. The maximum absolute atomic E-state index is 11.9. The number of carbonyl (C=O) groups is 2. The van der Waals surface area contributed by atoms with Crippen LogP contribution < -0.4 is 5.32 Å². The maximum atomic E-state index is 11.9. The molecule has 0 saturated heterocycles. The monoisotopic (exact) mass is 268 g/mol. The first kappa shape index (κ1) is 14.2. The second-order valence-electron chi connectivity index (χ2n) is 3.75. The summed E-state index contributed by atoms with van der Waals surface area (Å²) in [6, 6.07) is 3.28. The van der Waals surface area contributed by atoms with Crippen molar-refractivity contribution >= 4 is 23.3 Å². The zero-order valence-corrected chi connectivity index (χ0v) is 10.9. The van der Waals surface area contributed by atoms with Crippen LogP contribution in [0, 0.1) is 0 Å². The second kappa shape index (κ2) is 6.80. The van der Waals surface area contributed by atoms with Crippen LogP contribution in [-0.2, 0) is 4.79 Å². The van der Waals surface area contributed by atoms with Gasteiger partial charge in [-0.2, -0.15) is 0 Å². The molecule has 5 nitrogen and oxygen atoms in total. The molecule has 0 aliphatic rings. The molecule has 0 fully saturated rings. The number of thiophene rings is 1. The van der Waals surface area contributed by atoms with Crippen LogP contribution in [0.4, 0.5) is 4.79 Å². The van der Waals surface area contributed by atoms with E-state index >= 15 is 0 Å². The van der Waals surface area contributed by atoms with Gasteiger partial charge in [-0.05, 0) is 18.4 Å². The Hall–Kier alpha value is -1.82. The molecule has 0 aromatic carbocycles. The minimum atomic E-state index is -1.05. The summed E-state index contributed by atoms with van der Waals surface area (Å²) in [5.41, 5.74) is 0. The van der Waals surface area contributed by atoms with Crippen LogP contribution >= 0.6 is 11.3 Å². The summed E-state index contributed by atoms with van der Waals surface area (Å²) in [7, 11) is 0. The number of nitrogens with zero attached hydrogens (tertiary/aromatic N) is 1. The molecular formula is C12H16N2O3S. The second-order valence-corrected chi connectivity index (χ2v) is 4.73. The van der Waals surface area contributed by atoms with Gasteiger partial charge in [0.05, 0.1) is 6.04 Å². The van der Waals surface area contributed by atoms with Crippen molar-refractivity contribution < 1.29 is 14.7 Å². The molecule has 1 rings (SSSR count). The Morgan fingerprint density at radius 1 is 1.67 bits per heavy atom. The zero-order valence-electron chi connectivity index (χ0n) is 10.1. The lowest BCUT2D eigenvalue weighted by atomic mass is 10.3. The molecule has 18 heavy (non-hydrogen) atoms. The molecule has 0 radical (unpaired) electrons. The van der Waals surface area contributed by atoms with E-state index in [1.54, 1.807) is 11.3 Å². The average Bonchev–Trinajstić information content (AvgIpc) is 2.81. The highest BCUT2D eigenvalue weighted by atomic mass is 32.1. The molecule has 1 atom stereocenters. The molecule has 0 spiro atoms. The van der Waals surface area contributed by atoms with Crippen molar-refractivity contribution in [2.45, 2.75) is 13.0 Å². The van der Waals surface area contributed by atoms with E-state index in [0.717, 1.165) is 4.88 Å². The van der Waals surface area contributed by atoms with E-state index in [-0.39, 0.29) is 19.1 Å². The van der Waals surface area contributed by atoms with E-state index in [1.807, 2.05) is 24.4 Å². The van der Waals surface area contributed by atoms with E-state index in [2.05, 4.69) is 11.9 Å². The van der Waals surface area contributed by atoms with Gasteiger partial charge in [-0.3, -0.25) is 4.79 Å². The number of carboxylic acids is 1. The van der Waals surface area contributed by atoms with E-state index in [4.69, 9.17) is 5.11 Å². The highest BCUT2D eigenvalue weighted by Crippen LogP contribution is 2.18. The Morgan fingerprint density at radius 2 is 2.39 bits per heavy atom. The fourth-order valence-corrected chi connectivity index (χ4v) is 2.16. The van der Waals surface area contributed by atoms with E-state index in [1.165, 1.54) is 11.0 Å². The highest BCUT2D eigenvalue weighted by molar-refractivity contribution is 7.10. The number of hydrogen-bond donors (Lipinski definition) is 2. The Balaban J connectivity index is 2.60. The van der Waals surface area contributed by atoms with Crippen LogP contribution in [0.25, 0.3) is 0 Å². The Kier molecular flexibility index (Phi) is 5.38. The van der Waals surface area contributed by atoms with Crippen LogP contribution in [-0.4, -0.2) is 35.1 Å². The number of rotatable bonds is 6. The van der Waals surface area contributed by atoms with Crippen LogP contribution in [0.15, 0.2) is 30.2 Å². The number of urea groups is 1. The van der Waals surface area contributed by atoms with Gasteiger partial charge < -0.3 is 15.3 Å². The summed E-state index contributed by atoms with van der Waals surface area (Å²) < 4.78 is 0. The van der Waals surface area contributed by atoms with Crippen molar-refractivity contribution in [1.82, 2.24) is 10.2 Å². The standard InChI is InChI=1S/C12H16N2O3S/c1-3-6-14(8-11(15)16)12(17)13-9(2)10-5-4-7-18-10/h3-5,7,9H,1,6,8H2,2H3,(H,13,17)(H,15,16). The molecule has 0 aliphatic heterocycles. The summed E-state index contributed by atoms with van der Waals surface area (Å²) >= 11 is 1.54. The summed E-state index contributed by atoms with van der Waals surface area (Å²) in [6.07, 6.45) is 1.50. The smallest absolute Gasteiger partial charge is 0.323 e. The van der Waals surface area contributed by atoms with Gasteiger partial charge >= 0.3 is 12.0 Å². The van der Waals surface area contributed by atoms with Crippen LogP contribution in [0.1, 0.15) is 17.8 Å². The number of nitrogens with one attached hydrogen (secondary N) is 1. The first-order chi connectivity index (χ1) is 8.54. The average molecular weight is 268 g/mol. The lowest BCUT2D eigenvalue weighted by Crippen LogP contribution is -2.43. The van der Waals surface area contributed by atoms with Gasteiger partial charge in [0.1, 0.15) is 6.54 Å². The first-order valence-corrected chi connectivity index (χ1v) is 6.34. The van der Waals surface area contributed by atoms with Gasteiger partial charge in [-0.1, -0.05) is 12.1 Å². The number of amides is 2. The molecule has 2 amide bonds. The van der Waals surface area contributed by atoms with Gasteiger partial charge in [-0.25, -0.2) is 4.79 Å². The normalized spacial score (nSPS) is 11.6. The molecule has 1 unspecified atom stereocenters. The number of aliphatic carboxylic acids is 1. The quantitative estimate of drug-likeness (QED) is 0.776. The molecule has 1 aromatic heterocycles. The first-order valence-electron chi connectivity index (χ1n) is 5.46. The van der Waals surface area contributed by atoms with Gasteiger partial charge in [0, 0.05) is 11.4 Å². The van der Waals surface area contributed by atoms with Crippen molar-refractivity contribution in [3.8, 4) is 0 Å². The van der Waals surface area contributed by atoms with Crippen molar-refractivity contribution in [2.24, 2.45) is 0 Å². The fraction of sp³-hybridized carbons (Fsp3) is 0.333. The summed E-state index contributed by atoms with van der Waals surface area (Å²) in [5.74, 6) is -1.05. The van der Waals surface area contributed by atoms with Gasteiger partial charge in [0.25, 0.3) is 0 Å². The van der Waals surface area contributed by atoms with Crippen LogP contribution in [0.3, 0.4) is 0 Å². The Morgan fingerprint density at radius 3 is 2.89 bits per heavy atom. The maximum Gasteiger partial charge on any atom is 0.323 e. The molecule has 0 aliphatic carbocycles.